The Labute approximate surface area is 115 Å². The largest absolute Gasteiger partial charge is 0.394 e. The molecular formula is C13H13N7. The molecule has 6 N–H and O–H groups in total. The van der Waals surface area contributed by atoms with Gasteiger partial charge in [-0.05, 0) is 12.1 Å². The van der Waals surface area contributed by atoms with E-state index in [0.717, 1.165) is 11.3 Å². The van der Waals surface area contributed by atoms with Crippen LogP contribution in [0.4, 0.5) is 17.5 Å². The Morgan fingerprint density at radius 2 is 1.70 bits per heavy atom. The first kappa shape index (κ1) is 12.0. The molecule has 0 amide bonds. The Morgan fingerprint density at radius 1 is 0.950 bits per heavy atom. The second-order valence-electron chi connectivity index (χ2n) is 4.24. The van der Waals surface area contributed by atoms with Crippen molar-refractivity contribution in [2.24, 2.45) is 0 Å². The van der Waals surface area contributed by atoms with Crippen LogP contribution in [0.1, 0.15) is 0 Å². The van der Waals surface area contributed by atoms with Gasteiger partial charge in [-0.15, -0.1) is 0 Å². The molecular weight excluding hydrogens is 254 g/mol. The van der Waals surface area contributed by atoms with Crippen LogP contribution in [0.3, 0.4) is 0 Å². The third-order valence-corrected chi connectivity index (χ3v) is 2.87. The van der Waals surface area contributed by atoms with Crippen LogP contribution in [0.25, 0.3) is 16.9 Å². The average Bonchev–Trinajstić information content (AvgIpc) is 2.93. The average molecular weight is 267 g/mol. The van der Waals surface area contributed by atoms with Gasteiger partial charge in [0.2, 0.25) is 5.95 Å². The standard InChI is InChI=1S/C13H13N7/c14-10-11(18-13(16)19-12(10)15)8-6-17-20(7-8)9-4-2-1-3-5-9/h1-7H,14H2,(H4,15,16,18,19). The van der Waals surface area contributed by atoms with Gasteiger partial charge in [0.25, 0.3) is 0 Å². The Balaban J connectivity index is 2.07. The molecule has 0 unspecified atom stereocenters. The number of para-hydroxylation sites is 1. The van der Waals surface area contributed by atoms with E-state index in [-0.39, 0.29) is 11.8 Å². The lowest BCUT2D eigenvalue weighted by Crippen LogP contribution is -2.06. The number of nitrogen functional groups attached to an aromatic ring is 3. The van der Waals surface area contributed by atoms with Crippen molar-refractivity contribution in [1.29, 1.82) is 0 Å². The lowest BCUT2D eigenvalue weighted by Gasteiger charge is -2.05. The highest BCUT2D eigenvalue weighted by Gasteiger charge is 2.12. The molecule has 0 aliphatic heterocycles. The maximum atomic E-state index is 5.89. The Morgan fingerprint density at radius 3 is 2.45 bits per heavy atom. The first-order valence-electron chi connectivity index (χ1n) is 5.94. The number of benzene rings is 1. The Bertz CT molecular complexity index is 749. The van der Waals surface area contributed by atoms with Crippen molar-refractivity contribution in [3.8, 4) is 16.9 Å². The minimum atomic E-state index is 0.0826. The van der Waals surface area contributed by atoms with E-state index in [1.165, 1.54) is 0 Å². The van der Waals surface area contributed by atoms with Gasteiger partial charge in [0.1, 0.15) is 11.4 Å². The molecule has 0 aliphatic rings. The normalized spacial score (nSPS) is 10.6. The molecule has 3 rings (SSSR count). The van der Waals surface area contributed by atoms with E-state index in [1.54, 1.807) is 10.9 Å². The van der Waals surface area contributed by atoms with Gasteiger partial charge >= 0.3 is 0 Å². The molecule has 0 saturated carbocycles. The molecule has 0 spiro atoms. The number of aromatic nitrogens is 4. The molecule has 0 atom stereocenters. The smallest absolute Gasteiger partial charge is 0.222 e. The van der Waals surface area contributed by atoms with Crippen molar-refractivity contribution in [2.45, 2.75) is 0 Å². The molecule has 0 bridgehead atoms. The van der Waals surface area contributed by atoms with Gasteiger partial charge in [-0.25, -0.2) is 9.67 Å². The number of hydrogen-bond donors (Lipinski definition) is 3. The monoisotopic (exact) mass is 267 g/mol. The van der Waals surface area contributed by atoms with E-state index in [1.807, 2.05) is 36.5 Å². The minimum Gasteiger partial charge on any atom is -0.394 e. The maximum Gasteiger partial charge on any atom is 0.222 e. The summed E-state index contributed by atoms with van der Waals surface area (Å²) in [6.07, 6.45) is 3.47. The summed E-state index contributed by atoms with van der Waals surface area (Å²) in [6.45, 7) is 0. The van der Waals surface area contributed by atoms with E-state index in [2.05, 4.69) is 15.1 Å². The maximum absolute atomic E-state index is 5.89. The Kier molecular flexibility index (Phi) is 2.72. The lowest BCUT2D eigenvalue weighted by atomic mass is 10.2. The van der Waals surface area contributed by atoms with Crippen LogP contribution in [0.5, 0.6) is 0 Å². The summed E-state index contributed by atoms with van der Waals surface area (Å²) in [5.74, 6) is 0.249. The molecule has 2 heterocycles. The first-order valence-corrected chi connectivity index (χ1v) is 5.94. The van der Waals surface area contributed by atoms with Gasteiger partial charge < -0.3 is 17.2 Å². The van der Waals surface area contributed by atoms with Gasteiger partial charge in [-0.2, -0.15) is 10.1 Å². The van der Waals surface area contributed by atoms with Crippen molar-refractivity contribution in [1.82, 2.24) is 19.7 Å². The predicted octanol–water partition coefficient (Wildman–Crippen LogP) is 1.08. The summed E-state index contributed by atoms with van der Waals surface area (Å²) in [5, 5.41) is 4.28. The molecule has 0 saturated heterocycles. The Hall–Kier alpha value is -3.09. The van der Waals surface area contributed by atoms with Crippen LogP contribution >= 0.6 is 0 Å². The van der Waals surface area contributed by atoms with Gasteiger partial charge in [-0.1, -0.05) is 18.2 Å². The zero-order chi connectivity index (χ0) is 14.1. The number of hydrogen-bond acceptors (Lipinski definition) is 6. The third-order valence-electron chi connectivity index (χ3n) is 2.87. The van der Waals surface area contributed by atoms with E-state index < -0.39 is 0 Å². The fourth-order valence-corrected chi connectivity index (χ4v) is 1.89. The fourth-order valence-electron chi connectivity index (χ4n) is 1.89. The summed E-state index contributed by atoms with van der Waals surface area (Å²) in [6, 6.07) is 9.71. The van der Waals surface area contributed by atoms with Crippen molar-refractivity contribution >= 4 is 17.5 Å². The molecule has 1 aromatic carbocycles. The van der Waals surface area contributed by atoms with Crippen molar-refractivity contribution in [2.75, 3.05) is 17.2 Å². The SMILES string of the molecule is Nc1nc(N)c(N)c(-c2cnn(-c3ccccc3)c2)n1. The zero-order valence-electron chi connectivity index (χ0n) is 10.6. The quantitative estimate of drug-likeness (QED) is 0.638. The summed E-state index contributed by atoms with van der Waals surface area (Å²) < 4.78 is 1.73. The van der Waals surface area contributed by atoms with Gasteiger partial charge in [0.05, 0.1) is 11.9 Å². The second-order valence-corrected chi connectivity index (χ2v) is 4.24. The van der Waals surface area contributed by atoms with E-state index in [4.69, 9.17) is 17.2 Å². The van der Waals surface area contributed by atoms with Crippen LogP contribution in [0, 0.1) is 0 Å². The van der Waals surface area contributed by atoms with Crippen LogP contribution in [-0.4, -0.2) is 19.7 Å². The van der Waals surface area contributed by atoms with Crippen LogP contribution < -0.4 is 17.2 Å². The van der Waals surface area contributed by atoms with E-state index in [0.29, 0.717) is 11.4 Å². The minimum absolute atomic E-state index is 0.0826. The van der Waals surface area contributed by atoms with E-state index in [9.17, 15) is 0 Å². The second kappa shape index (κ2) is 4.54. The predicted molar refractivity (Wildman–Crippen MR) is 77.8 cm³/mol. The highest BCUT2D eigenvalue weighted by molar-refractivity contribution is 5.79. The zero-order valence-corrected chi connectivity index (χ0v) is 10.6. The van der Waals surface area contributed by atoms with E-state index >= 15 is 0 Å². The highest BCUT2D eigenvalue weighted by Crippen LogP contribution is 2.28. The third kappa shape index (κ3) is 2.01. The van der Waals surface area contributed by atoms with Gasteiger partial charge in [0, 0.05) is 11.8 Å². The molecule has 2 aromatic heterocycles. The molecule has 7 nitrogen and oxygen atoms in total. The van der Waals surface area contributed by atoms with Crippen LogP contribution in [0.15, 0.2) is 42.7 Å². The fraction of sp³-hybridized carbons (Fsp3) is 0. The topological polar surface area (TPSA) is 122 Å². The van der Waals surface area contributed by atoms with Crippen molar-refractivity contribution in [3.05, 3.63) is 42.7 Å². The highest BCUT2D eigenvalue weighted by atomic mass is 15.3. The van der Waals surface area contributed by atoms with Gasteiger partial charge in [0.15, 0.2) is 5.82 Å². The number of anilines is 3. The van der Waals surface area contributed by atoms with Crippen LogP contribution in [0.2, 0.25) is 0 Å². The number of nitrogens with zero attached hydrogens (tertiary/aromatic N) is 4. The summed E-state index contributed by atoms with van der Waals surface area (Å²) in [4.78, 5) is 7.94. The molecule has 20 heavy (non-hydrogen) atoms. The first-order chi connectivity index (χ1) is 9.65. The van der Waals surface area contributed by atoms with Crippen LogP contribution in [-0.2, 0) is 0 Å². The summed E-state index contributed by atoms with van der Waals surface area (Å²) in [5.41, 5.74) is 19.6. The number of rotatable bonds is 2. The molecule has 100 valence electrons. The molecule has 7 heteroatoms. The molecule has 3 aromatic rings. The van der Waals surface area contributed by atoms with Crippen molar-refractivity contribution < 1.29 is 0 Å². The van der Waals surface area contributed by atoms with Crippen molar-refractivity contribution in [3.63, 3.8) is 0 Å². The summed E-state index contributed by atoms with van der Waals surface area (Å²) >= 11 is 0. The molecule has 0 radical (unpaired) electrons. The lowest BCUT2D eigenvalue weighted by molar-refractivity contribution is 0.881. The number of nitrogens with two attached hydrogens (primary N) is 3. The summed E-state index contributed by atoms with van der Waals surface area (Å²) in [7, 11) is 0. The van der Waals surface area contributed by atoms with Gasteiger partial charge in [-0.3, -0.25) is 0 Å². The molecule has 0 aliphatic carbocycles. The molecule has 0 fully saturated rings.